The summed E-state index contributed by atoms with van der Waals surface area (Å²) in [6.07, 6.45) is 17.2. The van der Waals surface area contributed by atoms with Crippen molar-refractivity contribution in [2.45, 2.75) is 103 Å². The Balaban J connectivity index is 1.33. The van der Waals surface area contributed by atoms with Gasteiger partial charge in [0.15, 0.2) is 0 Å². The van der Waals surface area contributed by atoms with Crippen LogP contribution in [0.15, 0.2) is 54.6 Å². The van der Waals surface area contributed by atoms with Crippen LogP contribution in [0.5, 0.6) is 0 Å². The normalized spacial score (nSPS) is 17.6. The molecule has 4 rings (SSSR count). The topological polar surface area (TPSA) is 0 Å². The van der Waals surface area contributed by atoms with Crippen molar-refractivity contribution in [3.63, 3.8) is 0 Å². The Bertz CT molecular complexity index is 1150. The molecule has 0 N–H and O–H groups in total. The van der Waals surface area contributed by atoms with Gasteiger partial charge in [0.05, 0.1) is 5.56 Å². The van der Waals surface area contributed by atoms with Crippen LogP contribution in [0.2, 0.25) is 0 Å². The predicted molar refractivity (Wildman–Crippen MR) is 153 cm³/mol. The molecule has 1 aliphatic carbocycles. The smallest absolute Gasteiger partial charge is 0.146 e. The van der Waals surface area contributed by atoms with Crippen molar-refractivity contribution in [1.29, 1.82) is 0 Å². The molecule has 0 nitrogen and oxygen atoms in total. The molecule has 1 fully saturated rings. The van der Waals surface area contributed by atoms with Gasteiger partial charge in [0, 0.05) is 10.9 Å². The van der Waals surface area contributed by atoms with Crippen LogP contribution in [-0.2, 0) is 6.42 Å². The molecule has 3 aromatic carbocycles. The molecule has 190 valence electrons. The lowest BCUT2D eigenvalue weighted by molar-refractivity contribution is 0.302. The third-order valence-corrected chi connectivity index (χ3v) is 8.12. The van der Waals surface area contributed by atoms with Crippen LogP contribution in [0.3, 0.4) is 0 Å². The number of aryl methyl sites for hydroxylation is 1. The van der Waals surface area contributed by atoms with E-state index < -0.39 is 0 Å². The number of rotatable bonds is 10. The van der Waals surface area contributed by atoms with Crippen molar-refractivity contribution in [3.8, 4) is 11.8 Å². The lowest BCUT2D eigenvalue weighted by Gasteiger charge is -2.29. The molecule has 0 aliphatic heterocycles. The molecule has 36 heavy (non-hydrogen) atoms. The molecule has 0 radical (unpaired) electrons. The van der Waals surface area contributed by atoms with E-state index in [-0.39, 0.29) is 5.82 Å². The third kappa shape index (κ3) is 7.22. The first-order valence-electron chi connectivity index (χ1n) is 14.5. The standard InChI is InChI=1S/C35H43F/c1-3-5-7-8-9-11-27-12-18-30(19-13-27)31-20-14-28(15-21-31)16-22-32-23-24-33-26-29(10-6-4-2)17-25-34(33)35(32)36/h14-15,17,20-21,23-27,30H,3-13,18-19H2,1-2H3. The average Bonchev–Trinajstić information content (AvgIpc) is 2.92. The molecule has 1 saturated carbocycles. The van der Waals surface area contributed by atoms with Crippen molar-refractivity contribution in [3.05, 3.63) is 82.7 Å². The highest BCUT2D eigenvalue weighted by Crippen LogP contribution is 2.37. The van der Waals surface area contributed by atoms with Gasteiger partial charge in [0.25, 0.3) is 0 Å². The second-order valence-electron chi connectivity index (χ2n) is 10.9. The van der Waals surface area contributed by atoms with E-state index in [1.807, 2.05) is 18.2 Å². The van der Waals surface area contributed by atoms with E-state index in [4.69, 9.17) is 0 Å². The quantitative estimate of drug-likeness (QED) is 0.199. The summed E-state index contributed by atoms with van der Waals surface area (Å²) >= 11 is 0. The van der Waals surface area contributed by atoms with E-state index in [0.29, 0.717) is 16.9 Å². The summed E-state index contributed by atoms with van der Waals surface area (Å²) < 4.78 is 15.1. The highest BCUT2D eigenvalue weighted by atomic mass is 19.1. The molecule has 0 amide bonds. The molecule has 0 saturated heterocycles. The first-order valence-corrected chi connectivity index (χ1v) is 14.5. The number of fused-ring (bicyclic) bond motifs is 1. The second-order valence-corrected chi connectivity index (χ2v) is 10.9. The van der Waals surface area contributed by atoms with E-state index in [1.165, 1.54) is 81.8 Å². The van der Waals surface area contributed by atoms with Gasteiger partial charge in [-0.2, -0.15) is 0 Å². The first kappa shape index (κ1) is 26.5. The molecular formula is C35H43F. The van der Waals surface area contributed by atoms with Crippen LogP contribution < -0.4 is 0 Å². The summed E-state index contributed by atoms with van der Waals surface area (Å²) in [5, 5.41) is 1.62. The number of hydrogen-bond donors (Lipinski definition) is 0. The Morgan fingerprint density at radius 2 is 1.50 bits per heavy atom. The summed E-state index contributed by atoms with van der Waals surface area (Å²) in [6, 6.07) is 18.6. The van der Waals surface area contributed by atoms with Gasteiger partial charge in [-0.3, -0.25) is 0 Å². The molecule has 0 atom stereocenters. The van der Waals surface area contributed by atoms with Crippen LogP contribution in [-0.4, -0.2) is 0 Å². The van der Waals surface area contributed by atoms with E-state index in [2.05, 4.69) is 62.1 Å². The fraction of sp³-hybridized carbons (Fsp3) is 0.486. The van der Waals surface area contributed by atoms with Gasteiger partial charge in [-0.05, 0) is 85.1 Å². The van der Waals surface area contributed by atoms with E-state index in [0.717, 1.165) is 29.7 Å². The monoisotopic (exact) mass is 482 g/mol. The van der Waals surface area contributed by atoms with Gasteiger partial charge in [-0.25, -0.2) is 4.39 Å². The Morgan fingerprint density at radius 3 is 2.25 bits per heavy atom. The van der Waals surface area contributed by atoms with Crippen LogP contribution >= 0.6 is 0 Å². The average molecular weight is 483 g/mol. The van der Waals surface area contributed by atoms with Gasteiger partial charge >= 0.3 is 0 Å². The second kappa shape index (κ2) is 13.6. The Kier molecular flexibility index (Phi) is 10.0. The molecule has 1 aliphatic rings. The summed E-state index contributed by atoms with van der Waals surface area (Å²) in [5.41, 5.74) is 4.14. The fourth-order valence-corrected chi connectivity index (χ4v) is 5.77. The number of benzene rings is 3. The van der Waals surface area contributed by atoms with Crippen LogP contribution in [0, 0.1) is 23.6 Å². The minimum Gasteiger partial charge on any atom is -0.205 e. The zero-order valence-electron chi connectivity index (χ0n) is 22.4. The lowest BCUT2D eigenvalue weighted by Crippen LogP contribution is -2.13. The molecule has 1 heteroatoms. The number of halogens is 1. The Labute approximate surface area is 218 Å². The number of unbranched alkanes of at least 4 members (excludes halogenated alkanes) is 5. The maximum atomic E-state index is 15.1. The predicted octanol–water partition coefficient (Wildman–Crippen LogP) is 10.4. The first-order chi connectivity index (χ1) is 17.7. The molecular weight excluding hydrogens is 439 g/mol. The van der Waals surface area contributed by atoms with Crippen molar-refractivity contribution in [2.24, 2.45) is 5.92 Å². The maximum absolute atomic E-state index is 15.1. The van der Waals surface area contributed by atoms with Gasteiger partial charge in [-0.15, -0.1) is 0 Å². The van der Waals surface area contributed by atoms with Crippen LogP contribution in [0.1, 0.15) is 119 Å². The van der Waals surface area contributed by atoms with Crippen LogP contribution in [0.4, 0.5) is 4.39 Å². The van der Waals surface area contributed by atoms with Gasteiger partial charge in [0.1, 0.15) is 5.82 Å². The van der Waals surface area contributed by atoms with Crippen molar-refractivity contribution < 1.29 is 4.39 Å². The van der Waals surface area contributed by atoms with Crippen LogP contribution in [0.25, 0.3) is 10.8 Å². The summed E-state index contributed by atoms with van der Waals surface area (Å²) in [5.74, 6) is 7.69. The van der Waals surface area contributed by atoms with Crippen molar-refractivity contribution in [2.75, 3.05) is 0 Å². The van der Waals surface area contributed by atoms with E-state index in [9.17, 15) is 0 Å². The van der Waals surface area contributed by atoms with Gasteiger partial charge in [0.2, 0.25) is 0 Å². The molecule has 0 heterocycles. The summed E-state index contributed by atoms with van der Waals surface area (Å²) in [7, 11) is 0. The molecule has 0 aromatic heterocycles. The zero-order chi connectivity index (χ0) is 25.2. The fourth-order valence-electron chi connectivity index (χ4n) is 5.77. The third-order valence-electron chi connectivity index (χ3n) is 8.12. The highest BCUT2D eigenvalue weighted by Gasteiger charge is 2.22. The van der Waals surface area contributed by atoms with Gasteiger partial charge in [-0.1, -0.05) is 107 Å². The van der Waals surface area contributed by atoms with Crippen molar-refractivity contribution >= 4 is 10.8 Å². The van der Waals surface area contributed by atoms with E-state index >= 15 is 4.39 Å². The minimum atomic E-state index is -0.208. The Morgan fingerprint density at radius 1 is 0.750 bits per heavy atom. The Hall–Kier alpha value is -2.59. The zero-order valence-corrected chi connectivity index (χ0v) is 22.4. The summed E-state index contributed by atoms with van der Waals surface area (Å²) in [4.78, 5) is 0. The van der Waals surface area contributed by atoms with Crippen molar-refractivity contribution in [1.82, 2.24) is 0 Å². The minimum absolute atomic E-state index is 0.208. The SMILES string of the molecule is CCCCCCCC1CCC(c2ccc(C#Cc3ccc4cc(CCCC)ccc4c3F)cc2)CC1. The molecule has 0 unspecified atom stereocenters. The number of hydrogen-bond acceptors (Lipinski definition) is 0. The highest BCUT2D eigenvalue weighted by molar-refractivity contribution is 5.85. The molecule has 3 aromatic rings. The van der Waals surface area contributed by atoms with Gasteiger partial charge < -0.3 is 0 Å². The van der Waals surface area contributed by atoms with E-state index in [1.54, 1.807) is 0 Å². The molecule has 0 spiro atoms. The summed E-state index contributed by atoms with van der Waals surface area (Å²) in [6.45, 7) is 4.48. The lowest BCUT2D eigenvalue weighted by atomic mass is 9.77. The maximum Gasteiger partial charge on any atom is 0.146 e. The largest absolute Gasteiger partial charge is 0.205 e. The molecule has 0 bridgehead atoms.